The van der Waals surface area contributed by atoms with Crippen molar-refractivity contribution >= 4 is 0 Å². The largest absolute Gasteiger partial charge is 0.312 e. The number of piperidine rings is 1. The van der Waals surface area contributed by atoms with Gasteiger partial charge in [0.1, 0.15) is 0 Å². The lowest BCUT2D eigenvalue weighted by molar-refractivity contribution is 0.277. The fourth-order valence-corrected chi connectivity index (χ4v) is 2.15. The summed E-state index contributed by atoms with van der Waals surface area (Å²) in [5.41, 5.74) is 0. The Morgan fingerprint density at radius 2 is 0.870 bits per heavy atom. The molecule has 2 aliphatic rings. The van der Waals surface area contributed by atoms with Crippen LogP contribution in [0.25, 0.3) is 0 Å². The van der Waals surface area contributed by atoms with Crippen LogP contribution in [0.2, 0.25) is 0 Å². The Labute approximate surface area is 147 Å². The molecule has 0 radical (unpaired) electrons. The first-order valence-corrected chi connectivity index (χ1v) is 9.49. The van der Waals surface area contributed by atoms with Gasteiger partial charge in [-0.25, -0.2) is 0 Å². The van der Waals surface area contributed by atoms with E-state index in [4.69, 9.17) is 0 Å². The van der Waals surface area contributed by atoms with E-state index in [-0.39, 0.29) is 0 Å². The molecule has 23 heavy (non-hydrogen) atoms. The van der Waals surface area contributed by atoms with Crippen molar-refractivity contribution < 1.29 is 0 Å². The van der Waals surface area contributed by atoms with Crippen LogP contribution in [0, 0.1) is 0 Å². The molecule has 0 N–H and O–H groups in total. The molecule has 2 rings (SSSR count). The van der Waals surface area contributed by atoms with E-state index in [2.05, 4.69) is 49.7 Å². The second-order valence-corrected chi connectivity index (χ2v) is 7.20. The maximum Gasteiger partial charge on any atom is -0.00213 e. The minimum atomic E-state index is 1.16. The SMILES string of the molecule is CCN(C)CC.CN(C)C.CN1CCCC1.CN1CCCCC1. The minimum Gasteiger partial charge on any atom is -0.312 e. The van der Waals surface area contributed by atoms with Crippen molar-refractivity contribution in [3.63, 3.8) is 0 Å². The van der Waals surface area contributed by atoms with Crippen molar-refractivity contribution in [1.82, 2.24) is 19.6 Å². The summed E-state index contributed by atoms with van der Waals surface area (Å²) in [6.07, 6.45) is 7.10. The first-order chi connectivity index (χ1) is 10.8. The van der Waals surface area contributed by atoms with Crippen LogP contribution in [0.15, 0.2) is 0 Å². The first kappa shape index (κ1) is 25.1. The standard InChI is InChI=1S/C6H13N.C5H11N.C5H13N.C3H9N/c1-7-5-3-2-4-6-7;1-6-4-2-3-5-6;1-4-6(3)5-2;1-4(2)3/h2-6H2,1H3;2-5H2,1H3;4-5H2,1-3H3;1-3H3. The van der Waals surface area contributed by atoms with Gasteiger partial charge in [0.2, 0.25) is 0 Å². The van der Waals surface area contributed by atoms with Gasteiger partial charge in [-0.1, -0.05) is 20.3 Å². The van der Waals surface area contributed by atoms with E-state index < -0.39 is 0 Å². The van der Waals surface area contributed by atoms with Gasteiger partial charge in [-0.15, -0.1) is 0 Å². The Morgan fingerprint density at radius 3 is 0.957 bits per heavy atom. The van der Waals surface area contributed by atoms with Gasteiger partial charge >= 0.3 is 0 Å². The lowest BCUT2D eigenvalue weighted by Crippen LogP contribution is -2.24. The molecule has 0 aliphatic carbocycles. The first-order valence-electron chi connectivity index (χ1n) is 9.49. The zero-order valence-corrected chi connectivity index (χ0v) is 17.6. The molecule has 2 saturated heterocycles. The van der Waals surface area contributed by atoms with Crippen molar-refractivity contribution in [2.75, 3.05) is 81.6 Å². The van der Waals surface area contributed by atoms with Gasteiger partial charge in [0.15, 0.2) is 0 Å². The summed E-state index contributed by atoms with van der Waals surface area (Å²) in [5, 5.41) is 0. The summed E-state index contributed by atoms with van der Waals surface area (Å²) in [4.78, 5) is 9.00. The Morgan fingerprint density at radius 1 is 0.609 bits per heavy atom. The number of hydrogen-bond acceptors (Lipinski definition) is 4. The molecule has 0 saturated carbocycles. The van der Waals surface area contributed by atoms with Crippen molar-refractivity contribution in [3.05, 3.63) is 0 Å². The quantitative estimate of drug-likeness (QED) is 0.772. The number of likely N-dealkylation sites (tertiary alicyclic amines) is 2. The molecule has 4 heteroatoms. The molecule has 2 heterocycles. The Kier molecular flexibility index (Phi) is 19.8. The van der Waals surface area contributed by atoms with Crippen LogP contribution in [0.1, 0.15) is 46.0 Å². The summed E-state index contributed by atoms with van der Waals surface area (Å²) in [6.45, 7) is 11.9. The summed E-state index contributed by atoms with van der Waals surface area (Å²) < 4.78 is 0. The number of nitrogens with zero attached hydrogens (tertiary/aromatic N) is 4. The van der Waals surface area contributed by atoms with Gasteiger partial charge in [-0.3, -0.25) is 0 Å². The molecule has 0 bridgehead atoms. The van der Waals surface area contributed by atoms with E-state index in [0.29, 0.717) is 0 Å². The lowest BCUT2D eigenvalue weighted by atomic mass is 10.1. The zero-order valence-electron chi connectivity index (χ0n) is 17.6. The molecular weight excluding hydrogens is 284 g/mol. The topological polar surface area (TPSA) is 13.0 Å². The highest BCUT2D eigenvalue weighted by atomic mass is 15.1. The van der Waals surface area contributed by atoms with Gasteiger partial charge in [-0.2, -0.15) is 0 Å². The summed E-state index contributed by atoms with van der Waals surface area (Å²) in [5.74, 6) is 0. The van der Waals surface area contributed by atoms with E-state index in [1.54, 1.807) is 0 Å². The second-order valence-electron chi connectivity index (χ2n) is 7.20. The van der Waals surface area contributed by atoms with Crippen molar-refractivity contribution in [1.29, 1.82) is 0 Å². The van der Waals surface area contributed by atoms with E-state index >= 15 is 0 Å². The van der Waals surface area contributed by atoms with Crippen molar-refractivity contribution in [2.45, 2.75) is 46.0 Å². The molecule has 0 unspecified atom stereocenters. The molecule has 0 aromatic heterocycles. The van der Waals surface area contributed by atoms with Gasteiger partial charge in [0.25, 0.3) is 0 Å². The predicted octanol–water partition coefficient (Wildman–Crippen LogP) is 2.95. The highest BCUT2D eigenvalue weighted by Crippen LogP contribution is 2.04. The van der Waals surface area contributed by atoms with Crippen LogP contribution >= 0.6 is 0 Å². The third kappa shape index (κ3) is 24.2. The third-order valence-electron chi connectivity index (χ3n) is 3.99. The predicted molar refractivity (Wildman–Crippen MR) is 107 cm³/mol. The monoisotopic (exact) mass is 330 g/mol. The lowest BCUT2D eigenvalue weighted by Gasteiger charge is -2.20. The molecule has 4 nitrogen and oxygen atoms in total. The molecule has 0 spiro atoms. The molecule has 2 fully saturated rings. The van der Waals surface area contributed by atoms with Crippen LogP contribution in [-0.4, -0.2) is 101 Å². The fourth-order valence-electron chi connectivity index (χ4n) is 2.15. The van der Waals surface area contributed by atoms with Crippen molar-refractivity contribution in [3.8, 4) is 0 Å². The summed E-state index contributed by atoms with van der Waals surface area (Å²) >= 11 is 0. The Balaban J connectivity index is 0. The molecule has 0 aromatic rings. The minimum absolute atomic E-state index is 1.16. The molecule has 0 amide bonds. The van der Waals surface area contributed by atoms with Gasteiger partial charge < -0.3 is 19.6 Å². The molecule has 0 aromatic carbocycles. The molecular formula is C19H46N4. The normalized spacial score (nSPS) is 18.5. The van der Waals surface area contributed by atoms with E-state index in [1.165, 1.54) is 58.3 Å². The summed E-state index contributed by atoms with van der Waals surface area (Å²) in [6, 6.07) is 0. The molecule has 0 atom stereocenters. The average Bonchev–Trinajstić information content (AvgIpc) is 2.99. The van der Waals surface area contributed by atoms with Gasteiger partial charge in [0.05, 0.1) is 0 Å². The van der Waals surface area contributed by atoms with Crippen LogP contribution in [0.4, 0.5) is 0 Å². The summed E-state index contributed by atoms with van der Waals surface area (Å²) in [7, 11) is 12.5. The molecule has 142 valence electrons. The molecule has 2 aliphatic heterocycles. The second kappa shape index (κ2) is 18.2. The van der Waals surface area contributed by atoms with Gasteiger partial charge in [-0.05, 0) is 107 Å². The average molecular weight is 331 g/mol. The van der Waals surface area contributed by atoms with Crippen LogP contribution < -0.4 is 0 Å². The van der Waals surface area contributed by atoms with Crippen LogP contribution in [0.3, 0.4) is 0 Å². The smallest absolute Gasteiger partial charge is 0.00213 e. The maximum atomic E-state index is 2.39. The van der Waals surface area contributed by atoms with E-state index in [9.17, 15) is 0 Å². The van der Waals surface area contributed by atoms with Gasteiger partial charge in [0, 0.05) is 0 Å². The Bertz CT molecular complexity index is 203. The van der Waals surface area contributed by atoms with Crippen molar-refractivity contribution in [2.24, 2.45) is 0 Å². The zero-order chi connectivity index (χ0) is 18.1. The maximum absolute atomic E-state index is 2.39. The van der Waals surface area contributed by atoms with E-state index in [1.807, 2.05) is 26.0 Å². The number of hydrogen-bond donors (Lipinski definition) is 0. The number of rotatable bonds is 2. The van der Waals surface area contributed by atoms with Crippen LogP contribution in [0.5, 0.6) is 0 Å². The highest BCUT2D eigenvalue weighted by Gasteiger charge is 2.03. The highest BCUT2D eigenvalue weighted by molar-refractivity contribution is 4.59. The van der Waals surface area contributed by atoms with Crippen LogP contribution in [-0.2, 0) is 0 Å². The fraction of sp³-hybridized carbons (Fsp3) is 1.00. The van der Waals surface area contributed by atoms with E-state index in [0.717, 1.165) is 13.1 Å². The Hall–Kier alpha value is -0.160. The third-order valence-corrected chi connectivity index (χ3v) is 3.99.